The van der Waals surface area contributed by atoms with Crippen LogP contribution in [0, 0.1) is 0 Å². The molecule has 0 radical (unpaired) electrons. The van der Waals surface area contributed by atoms with Gasteiger partial charge in [-0.15, -0.1) is 0 Å². The molecule has 1 atom stereocenters. The molecule has 1 aromatic rings. The summed E-state index contributed by atoms with van der Waals surface area (Å²) >= 11 is 0. The van der Waals surface area contributed by atoms with Crippen molar-refractivity contribution in [2.24, 2.45) is 0 Å². The molecule has 1 saturated heterocycles. The van der Waals surface area contributed by atoms with Crippen LogP contribution >= 0.6 is 0 Å². The molecule has 0 bridgehead atoms. The average Bonchev–Trinajstić information content (AvgIpc) is 2.86. The molecule has 102 valence electrons. The van der Waals surface area contributed by atoms with Gasteiger partial charge in [-0.05, 0) is 18.5 Å². The van der Waals surface area contributed by atoms with Crippen LogP contribution in [0.25, 0.3) is 0 Å². The fourth-order valence-corrected chi connectivity index (χ4v) is 1.78. The Labute approximate surface area is 109 Å². The molecule has 1 aromatic carbocycles. The van der Waals surface area contributed by atoms with E-state index in [-0.39, 0.29) is 13.0 Å². The highest BCUT2D eigenvalue weighted by atomic mass is 19.1. The molecule has 2 rings (SSSR count). The minimum atomic E-state index is -2.27. The maximum absolute atomic E-state index is 13.8. The topological polar surface area (TPSA) is 64.6 Å². The minimum absolute atomic E-state index is 0.00218. The SMILES string of the molecule is O=C(OCc1ccccc1)OC(=O)[C@]1(F)CCCN1. The number of benzene rings is 1. The Balaban J connectivity index is 1.80. The zero-order chi connectivity index (χ0) is 13.7. The summed E-state index contributed by atoms with van der Waals surface area (Å²) in [6, 6.07) is 8.90. The predicted octanol–water partition coefficient (Wildman–Crippen LogP) is 1.92. The Morgan fingerprint density at radius 2 is 2.05 bits per heavy atom. The van der Waals surface area contributed by atoms with Crippen molar-refractivity contribution in [2.75, 3.05) is 6.54 Å². The van der Waals surface area contributed by atoms with E-state index in [2.05, 4.69) is 10.1 Å². The van der Waals surface area contributed by atoms with Crippen molar-refractivity contribution in [2.45, 2.75) is 25.2 Å². The summed E-state index contributed by atoms with van der Waals surface area (Å²) in [6.45, 7) is 0.352. The number of carbonyl (C=O) groups excluding carboxylic acids is 2. The van der Waals surface area contributed by atoms with Gasteiger partial charge in [0.1, 0.15) is 6.61 Å². The summed E-state index contributed by atoms with van der Waals surface area (Å²) in [7, 11) is 0. The number of nitrogens with one attached hydrogen (secondary N) is 1. The number of rotatable bonds is 3. The Hall–Kier alpha value is -1.95. The standard InChI is InChI=1S/C13H14FNO4/c14-13(7-4-8-15-13)11(16)19-12(17)18-9-10-5-2-1-3-6-10/h1-3,5-6,15H,4,7-9H2/t13-/m0/s1. The molecular formula is C13H14FNO4. The average molecular weight is 267 g/mol. The van der Waals surface area contributed by atoms with Gasteiger partial charge in [0.05, 0.1) is 0 Å². The lowest BCUT2D eigenvalue weighted by atomic mass is 10.2. The Bertz CT molecular complexity index is 457. The molecule has 1 N–H and O–H groups in total. The number of esters is 1. The van der Waals surface area contributed by atoms with Crippen LogP contribution in [0.4, 0.5) is 9.18 Å². The number of hydrogen-bond donors (Lipinski definition) is 1. The third kappa shape index (κ3) is 3.51. The second-order valence-corrected chi connectivity index (χ2v) is 4.25. The minimum Gasteiger partial charge on any atom is -0.429 e. The summed E-state index contributed by atoms with van der Waals surface area (Å²) < 4.78 is 22.9. The lowest BCUT2D eigenvalue weighted by Crippen LogP contribution is -2.45. The molecule has 1 aliphatic rings. The molecule has 1 fully saturated rings. The lowest BCUT2D eigenvalue weighted by Gasteiger charge is -2.16. The van der Waals surface area contributed by atoms with Gasteiger partial charge < -0.3 is 9.47 Å². The predicted molar refractivity (Wildman–Crippen MR) is 63.8 cm³/mol. The number of alkyl halides is 1. The molecule has 0 aliphatic carbocycles. The van der Waals surface area contributed by atoms with E-state index in [1.165, 1.54) is 0 Å². The van der Waals surface area contributed by atoms with Gasteiger partial charge in [-0.2, -0.15) is 0 Å². The van der Waals surface area contributed by atoms with E-state index in [9.17, 15) is 14.0 Å². The zero-order valence-corrected chi connectivity index (χ0v) is 10.2. The Kier molecular flexibility index (Phi) is 4.11. The highest BCUT2D eigenvalue weighted by Gasteiger charge is 2.44. The largest absolute Gasteiger partial charge is 0.516 e. The van der Waals surface area contributed by atoms with Crippen LogP contribution in [0.1, 0.15) is 18.4 Å². The normalized spacial score (nSPS) is 21.9. The van der Waals surface area contributed by atoms with Gasteiger partial charge in [-0.3, -0.25) is 5.32 Å². The van der Waals surface area contributed by atoms with Crippen LogP contribution in [0.5, 0.6) is 0 Å². The van der Waals surface area contributed by atoms with Gasteiger partial charge >= 0.3 is 12.1 Å². The molecule has 0 amide bonds. The molecule has 0 unspecified atom stereocenters. The van der Waals surface area contributed by atoms with Crippen molar-refractivity contribution >= 4 is 12.1 Å². The first-order valence-corrected chi connectivity index (χ1v) is 5.97. The summed E-state index contributed by atoms with van der Waals surface area (Å²) in [4.78, 5) is 22.7. The van der Waals surface area contributed by atoms with E-state index in [0.29, 0.717) is 13.0 Å². The molecule has 0 aromatic heterocycles. The van der Waals surface area contributed by atoms with Crippen LogP contribution < -0.4 is 5.32 Å². The van der Waals surface area contributed by atoms with Crippen molar-refractivity contribution < 1.29 is 23.5 Å². The van der Waals surface area contributed by atoms with Gasteiger partial charge in [-0.1, -0.05) is 30.3 Å². The van der Waals surface area contributed by atoms with Gasteiger partial charge in [-0.25, -0.2) is 14.0 Å². The third-order valence-electron chi connectivity index (χ3n) is 2.80. The maximum Gasteiger partial charge on any atom is 0.516 e. The number of halogens is 1. The molecular weight excluding hydrogens is 253 g/mol. The van der Waals surface area contributed by atoms with Crippen molar-refractivity contribution in [1.29, 1.82) is 0 Å². The quantitative estimate of drug-likeness (QED) is 0.515. The fourth-order valence-electron chi connectivity index (χ4n) is 1.78. The Morgan fingerprint density at radius 3 is 2.68 bits per heavy atom. The monoisotopic (exact) mass is 267 g/mol. The highest BCUT2D eigenvalue weighted by molar-refractivity contribution is 5.87. The number of hydrogen-bond acceptors (Lipinski definition) is 5. The van der Waals surface area contributed by atoms with Gasteiger partial charge in [0.15, 0.2) is 0 Å². The van der Waals surface area contributed by atoms with Crippen molar-refractivity contribution in [3.05, 3.63) is 35.9 Å². The van der Waals surface area contributed by atoms with Crippen molar-refractivity contribution in [3.8, 4) is 0 Å². The maximum atomic E-state index is 13.8. The van der Waals surface area contributed by atoms with E-state index >= 15 is 0 Å². The van der Waals surface area contributed by atoms with E-state index < -0.39 is 17.9 Å². The second kappa shape index (κ2) is 5.79. The third-order valence-corrected chi connectivity index (χ3v) is 2.80. The van der Waals surface area contributed by atoms with Gasteiger partial charge in [0.25, 0.3) is 5.79 Å². The van der Waals surface area contributed by atoms with Crippen LogP contribution in [0.2, 0.25) is 0 Å². The number of carbonyl (C=O) groups is 2. The summed E-state index contributed by atoms with van der Waals surface area (Å²) in [5.41, 5.74) is 0.751. The lowest BCUT2D eigenvalue weighted by molar-refractivity contribution is -0.155. The van der Waals surface area contributed by atoms with Crippen molar-refractivity contribution in [1.82, 2.24) is 5.32 Å². The first-order chi connectivity index (χ1) is 9.10. The summed E-state index contributed by atoms with van der Waals surface area (Å²) in [6.07, 6.45) is -0.679. The van der Waals surface area contributed by atoms with Crippen molar-refractivity contribution in [3.63, 3.8) is 0 Å². The number of ether oxygens (including phenoxy) is 2. The molecule has 1 heterocycles. The summed E-state index contributed by atoms with van der Waals surface area (Å²) in [5.74, 6) is -3.52. The van der Waals surface area contributed by atoms with Crippen LogP contribution in [-0.2, 0) is 20.9 Å². The van der Waals surface area contributed by atoms with Gasteiger partial charge in [0, 0.05) is 6.42 Å². The molecule has 19 heavy (non-hydrogen) atoms. The summed E-state index contributed by atoms with van der Waals surface area (Å²) in [5, 5.41) is 2.36. The highest BCUT2D eigenvalue weighted by Crippen LogP contribution is 2.22. The van der Waals surface area contributed by atoms with E-state index in [1.54, 1.807) is 24.3 Å². The van der Waals surface area contributed by atoms with Crippen LogP contribution in [0.15, 0.2) is 30.3 Å². The van der Waals surface area contributed by atoms with E-state index in [0.717, 1.165) is 5.56 Å². The molecule has 5 nitrogen and oxygen atoms in total. The first-order valence-electron chi connectivity index (χ1n) is 5.97. The second-order valence-electron chi connectivity index (χ2n) is 4.25. The molecule has 0 saturated carbocycles. The smallest absolute Gasteiger partial charge is 0.429 e. The first kappa shape index (κ1) is 13.5. The Morgan fingerprint density at radius 1 is 1.32 bits per heavy atom. The van der Waals surface area contributed by atoms with E-state index in [4.69, 9.17) is 4.74 Å². The molecule has 0 spiro atoms. The molecule has 6 heteroatoms. The fraction of sp³-hybridized carbons (Fsp3) is 0.385. The van der Waals surface area contributed by atoms with Gasteiger partial charge in [0.2, 0.25) is 0 Å². The van der Waals surface area contributed by atoms with Crippen LogP contribution in [0.3, 0.4) is 0 Å². The van der Waals surface area contributed by atoms with E-state index in [1.807, 2.05) is 6.07 Å². The molecule has 1 aliphatic heterocycles. The zero-order valence-electron chi connectivity index (χ0n) is 10.2. The van der Waals surface area contributed by atoms with Crippen LogP contribution in [-0.4, -0.2) is 24.5 Å².